The summed E-state index contributed by atoms with van der Waals surface area (Å²) in [5, 5.41) is 5.74. The van der Waals surface area contributed by atoms with E-state index in [1.54, 1.807) is 6.20 Å². The van der Waals surface area contributed by atoms with Crippen LogP contribution in [0.25, 0.3) is 0 Å². The first kappa shape index (κ1) is 15.9. The van der Waals surface area contributed by atoms with E-state index in [1.165, 1.54) is 0 Å². The van der Waals surface area contributed by atoms with Crippen molar-refractivity contribution >= 4 is 24.2 Å². The summed E-state index contributed by atoms with van der Waals surface area (Å²) < 4.78 is 0. The Morgan fingerprint density at radius 3 is 2.48 bits per heavy atom. The van der Waals surface area contributed by atoms with E-state index in [-0.39, 0.29) is 30.1 Å². The number of imide groups is 1. The maximum atomic E-state index is 11.8. The highest BCUT2D eigenvalue weighted by Gasteiger charge is 2.28. The lowest BCUT2D eigenvalue weighted by Gasteiger charge is -2.23. The lowest BCUT2D eigenvalue weighted by Crippen LogP contribution is -2.39. The summed E-state index contributed by atoms with van der Waals surface area (Å²) in [6, 6.07) is 4.03. The number of halogens is 1. The molecule has 1 atom stereocenters. The zero-order valence-corrected chi connectivity index (χ0v) is 12.6. The van der Waals surface area contributed by atoms with E-state index in [1.807, 2.05) is 12.1 Å². The smallest absolute Gasteiger partial charge is 0.234 e. The Morgan fingerprint density at radius 2 is 1.86 bits per heavy atom. The number of rotatable bonds is 2. The standard InChI is InChI=1S/C15H19N3O2.ClH/c19-14-4-2-12(15(20)18-14)11-1-3-13(17-9-11)10-5-7-16-8-6-10;/h1,3,9-10,12,16H,2,4-8H2,(H,18,19,20);1H. The second kappa shape index (κ2) is 7.00. The number of carbonyl (C=O) groups is 2. The molecule has 2 saturated heterocycles. The molecule has 114 valence electrons. The van der Waals surface area contributed by atoms with Crippen LogP contribution in [0.5, 0.6) is 0 Å². The number of piperidine rings is 2. The summed E-state index contributed by atoms with van der Waals surface area (Å²) >= 11 is 0. The van der Waals surface area contributed by atoms with Gasteiger partial charge in [0.05, 0.1) is 5.92 Å². The summed E-state index contributed by atoms with van der Waals surface area (Å²) in [5.41, 5.74) is 2.02. The van der Waals surface area contributed by atoms with Crippen molar-refractivity contribution in [3.63, 3.8) is 0 Å². The zero-order valence-electron chi connectivity index (χ0n) is 11.8. The molecule has 21 heavy (non-hydrogen) atoms. The van der Waals surface area contributed by atoms with Crippen molar-refractivity contribution in [2.45, 2.75) is 37.5 Å². The van der Waals surface area contributed by atoms with Gasteiger partial charge in [-0.2, -0.15) is 0 Å². The van der Waals surface area contributed by atoms with Gasteiger partial charge in [-0.25, -0.2) is 0 Å². The van der Waals surface area contributed by atoms with Gasteiger partial charge in [-0.3, -0.25) is 19.9 Å². The van der Waals surface area contributed by atoms with Crippen molar-refractivity contribution in [1.82, 2.24) is 15.6 Å². The molecule has 3 heterocycles. The summed E-state index contributed by atoms with van der Waals surface area (Å²) in [4.78, 5) is 27.5. The molecule has 2 fully saturated rings. The third kappa shape index (κ3) is 3.60. The number of amides is 2. The van der Waals surface area contributed by atoms with Crippen molar-refractivity contribution in [1.29, 1.82) is 0 Å². The topological polar surface area (TPSA) is 71.1 Å². The summed E-state index contributed by atoms with van der Waals surface area (Å²) in [6.07, 6.45) is 5.03. The monoisotopic (exact) mass is 309 g/mol. The van der Waals surface area contributed by atoms with E-state index < -0.39 is 0 Å². The summed E-state index contributed by atoms with van der Waals surface area (Å²) in [5.74, 6) is -0.0856. The fraction of sp³-hybridized carbons (Fsp3) is 0.533. The predicted octanol–water partition coefficient (Wildman–Crippen LogP) is 1.49. The van der Waals surface area contributed by atoms with Crippen molar-refractivity contribution < 1.29 is 9.59 Å². The Morgan fingerprint density at radius 1 is 1.10 bits per heavy atom. The van der Waals surface area contributed by atoms with Gasteiger partial charge < -0.3 is 5.32 Å². The molecule has 2 N–H and O–H groups in total. The molecular weight excluding hydrogens is 290 g/mol. The van der Waals surface area contributed by atoms with Crippen LogP contribution in [0.4, 0.5) is 0 Å². The largest absolute Gasteiger partial charge is 0.317 e. The van der Waals surface area contributed by atoms with Gasteiger partial charge in [0.25, 0.3) is 0 Å². The van der Waals surface area contributed by atoms with Gasteiger partial charge in [-0.1, -0.05) is 6.07 Å². The molecule has 0 aromatic carbocycles. The third-order valence-corrected chi connectivity index (χ3v) is 4.21. The molecule has 0 bridgehead atoms. The average Bonchev–Trinajstić information content (AvgIpc) is 2.48. The van der Waals surface area contributed by atoms with E-state index in [0.29, 0.717) is 18.8 Å². The molecule has 2 aliphatic rings. The van der Waals surface area contributed by atoms with E-state index in [9.17, 15) is 9.59 Å². The molecule has 0 saturated carbocycles. The highest BCUT2D eigenvalue weighted by atomic mass is 35.5. The van der Waals surface area contributed by atoms with E-state index >= 15 is 0 Å². The van der Waals surface area contributed by atoms with Crippen LogP contribution in [0, 0.1) is 0 Å². The van der Waals surface area contributed by atoms with Crippen molar-refractivity contribution in [3.05, 3.63) is 29.6 Å². The first-order valence-corrected chi connectivity index (χ1v) is 7.24. The van der Waals surface area contributed by atoms with Gasteiger partial charge in [0.1, 0.15) is 0 Å². The first-order valence-electron chi connectivity index (χ1n) is 7.24. The van der Waals surface area contributed by atoms with Gasteiger partial charge in [0, 0.05) is 24.2 Å². The third-order valence-electron chi connectivity index (χ3n) is 4.21. The van der Waals surface area contributed by atoms with Crippen molar-refractivity contribution in [3.8, 4) is 0 Å². The minimum atomic E-state index is -0.234. The highest BCUT2D eigenvalue weighted by Crippen LogP contribution is 2.27. The van der Waals surface area contributed by atoms with Crippen LogP contribution in [0.3, 0.4) is 0 Å². The van der Waals surface area contributed by atoms with Gasteiger partial charge in [-0.05, 0) is 44.0 Å². The number of nitrogens with one attached hydrogen (secondary N) is 2. The number of hydrogen-bond donors (Lipinski definition) is 2. The van der Waals surface area contributed by atoms with Gasteiger partial charge >= 0.3 is 0 Å². The molecule has 0 spiro atoms. The van der Waals surface area contributed by atoms with Gasteiger partial charge in [0.2, 0.25) is 11.8 Å². The fourth-order valence-corrected chi connectivity index (χ4v) is 2.99. The van der Waals surface area contributed by atoms with Crippen LogP contribution in [-0.4, -0.2) is 29.9 Å². The number of hydrogen-bond acceptors (Lipinski definition) is 4. The molecule has 2 aliphatic heterocycles. The zero-order chi connectivity index (χ0) is 13.9. The Kier molecular flexibility index (Phi) is 5.31. The SMILES string of the molecule is Cl.O=C1CCC(c2ccc(C3CCNCC3)nc2)C(=O)N1. The Hall–Kier alpha value is -1.46. The van der Waals surface area contributed by atoms with Crippen LogP contribution in [0.1, 0.15) is 48.8 Å². The van der Waals surface area contributed by atoms with Gasteiger partial charge in [0.15, 0.2) is 0 Å². The van der Waals surface area contributed by atoms with Crippen molar-refractivity contribution in [2.75, 3.05) is 13.1 Å². The molecule has 5 nitrogen and oxygen atoms in total. The van der Waals surface area contributed by atoms with Crippen LogP contribution < -0.4 is 10.6 Å². The van der Waals surface area contributed by atoms with Crippen LogP contribution >= 0.6 is 12.4 Å². The number of pyridine rings is 1. The van der Waals surface area contributed by atoms with E-state index in [4.69, 9.17) is 0 Å². The maximum Gasteiger partial charge on any atom is 0.234 e. The highest BCUT2D eigenvalue weighted by molar-refractivity contribution is 6.00. The fourth-order valence-electron chi connectivity index (χ4n) is 2.99. The molecular formula is C15H20ClN3O2. The Labute approximate surface area is 130 Å². The van der Waals surface area contributed by atoms with E-state index in [0.717, 1.165) is 37.2 Å². The molecule has 0 aliphatic carbocycles. The Bertz CT molecular complexity index is 512. The lowest BCUT2D eigenvalue weighted by molar-refractivity contribution is -0.134. The van der Waals surface area contributed by atoms with Crippen LogP contribution in [0.15, 0.2) is 18.3 Å². The molecule has 1 aromatic heterocycles. The molecule has 2 amide bonds. The molecule has 3 rings (SSSR count). The summed E-state index contributed by atoms with van der Waals surface area (Å²) in [7, 11) is 0. The van der Waals surface area contributed by atoms with Gasteiger partial charge in [-0.15, -0.1) is 12.4 Å². The second-order valence-electron chi connectivity index (χ2n) is 5.54. The average molecular weight is 310 g/mol. The van der Waals surface area contributed by atoms with E-state index in [2.05, 4.69) is 15.6 Å². The minimum absolute atomic E-state index is 0. The summed E-state index contributed by atoms with van der Waals surface area (Å²) in [6.45, 7) is 2.09. The molecule has 6 heteroatoms. The molecule has 1 unspecified atom stereocenters. The predicted molar refractivity (Wildman–Crippen MR) is 81.5 cm³/mol. The normalized spacial score (nSPS) is 23.3. The van der Waals surface area contributed by atoms with Crippen LogP contribution in [0.2, 0.25) is 0 Å². The number of aromatic nitrogens is 1. The maximum absolute atomic E-state index is 11.8. The second-order valence-corrected chi connectivity index (χ2v) is 5.54. The van der Waals surface area contributed by atoms with Crippen molar-refractivity contribution in [2.24, 2.45) is 0 Å². The molecule has 0 radical (unpaired) electrons. The minimum Gasteiger partial charge on any atom is -0.317 e. The quantitative estimate of drug-likeness (QED) is 0.812. The number of carbonyl (C=O) groups excluding carboxylic acids is 2. The number of nitrogens with zero attached hydrogens (tertiary/aromatic N) is 1. The first-order chi connectivity index (χ1) is 9.74. The van der Waals surface area contributed by atoms with Crippen LogP contribution in [-0.2, 0) is 9.59 Å². The lowest BCUT2D eigenvalue weighted by atomic mass is 9.90. The molecule has 1 aromatic rings. The Balaban J connectivity index is 0.00000161.